The van der Waals surface area contributed by atoms with E-state index in [1.807, 2.05) is 78.9 Å². The highest BCUT2D eigenvalue weighted by Crippen LogP contribution is 2.42. The lowest BCUT2D eigenvalue weighted by molar-refractivity contribution is -0.145. The number of hydrogen-bond acceptors (Lipinski definition) is 12. The van der Waals surface area contributed by atoms with E-state index in [4.69, 9.17) is 46.9 Å². The molecule has 354 valence electrons. The molecule has 0 fully saturated rings. The minimum absolute atomic E-state index is 0.00963. The van der Waals surface area contributed by atoms with E-state index in [0.717, 1.165) is 50.3 Å². The number of aromatic nitrogens is 1. The predicted molar refractivity (Wildman–Crippen MR) is 261 cm³/mol. The maximum Gasteiger partial charge on any atom is 0.413 e. The van der Waals surface area contributed by atoms with Crippen molar-refractivity contribution in [2.24, 2.45) is 0 Å². The van der Waals surface area contributed by atoms with Crippen LogP contribution in [0.2, 0.25) is 10.0 Å². The number of thiazole rings is 1. The highest BCUT2D eigenvalue weighted by molar-refractivity contribution is 7.17. The van der Waals surface area contributed by atoms with Gasteiger partial charge in [-0.05, 0) is 115 Å². The van der Waals surface area contributed by atoms with E-state index in [2.05, 4.69) is 21.7 Å². The fourth-order valence-electron chi connectivity index (χ4n) is 7.92. The van der Waals surface area contributed by atoms with Crippen molar-refractivity contribution in [1.82, 2.24) is 15.2 Å². The van der Waals surface area contributed by atoms with Gasteiger partial charge in [0.25, 0.3) is 5.91 Å². The number of amides is 3. The van der Waals surface area contributed by atoms with Gasteiger partial charge in [0, 0.05) is 19.4 Å². The zero-order valence-electron chi connectivity index (χ0n) is 38.3. The molecule has 69 heavy (non-hydrogen) atoms. The lowest BCUT2D eigenvalue weighted by Gasteiger charge is -2.37. The summed E-state index contributed by atoms with van der Waals surface area (Å²) in [6.07, 6.45) is -1.01. The van der Waals surface area contributed by atoms with Crippen molar-refractivity contribution in [2.45, 2.75) is 77.5 Å². The molecular formula is C52H47Cl2N5O9S. The molecule has 2 N–H and O–H groups in total. The number of aryl methyl sites for hydroxylation is 1. The normalized spacial score (nSPS) is 15.5. The maximum atomic E-state index is 14.7. The van der Waals surface area contributed by atoms with E-state index in [-0.39, 0.29) is 36.0 Å². The molecule has 3 atom stereocenters. The number of carbonyl (C=O) groups is 4. The molecule has 8 rings (SSSR count). The number of benzene rings is 5. The van der Waals surface area contributed by atoms with E-state index in [1.165, 1.54) is 12.0 Å². The minimum Gasteiger partial charge on any atom is -0.489 e. The first-order chi connectivity index (χ1) is 33.0. The fraction of sp³-hybridized carbons (Fsp3) is 0.269. The molecule has 6 aromatic rings. The molecule has 0 radical (unpaired) electrons. The van der Waals surface area contributed by atoms with Gasteiger partial charge < -0.3 is 33.9 Å². The third kappa shape index (κ3) is 11.6. The van der Waals surface area contributed by atoms with Crippen LogP contribution in [0.25, 0.3) is 11.1 Å². The van der Waals surface area contributed by atoms with E-state index in [0.29, 0.717) is 45.2 Å². The zero-order chi connectivity index (χ0) is 49.0. The standard InChI is InChI=1S/C52H47Cl2N5O9S/c1-29-46(69-50(56-29)58-51(63)68-52(2,3)4)48(61)59-26-37-24-44-43(66-28-45(67-44)35-15-17-38(18-16-35)65-27-32-10-19-39(53)40(54)20-32)23-36(37)22-42(59)47(60)57-41(49(62)64-5)21-30-6-11-33(12-7-30)34-13-8-31(25-55)9-14-34/h6-20,23-24,41-42,45H,21-22,26-28H2,1-5H3,(H,57,60)(H,56,58,63)/t41-,42-,45?/m0/s1. The number of fused-ring (bicyclic) bond motifs is 2. The zero-order valence-corrected chi connectivity index (χ0v) is 40.6. The average molecular weight is 989 g/mol. The molecule has 0 saturated carbocycles. The molecule has 0 bridgehead atoms. The highest BCUT2D eigenvalue weighted by Gasteiger charge is 2.39. The summed E-state index contributed by atoms with van der Waals surface area (Å²) in [7, 11) is 1.25. The summed E-state index contributed by atoms with van der Waals surface area (Å²) >= 11 is 13.2. The Balaban J connectivity index is 1.03. The predicted octanol–water partition coefficient (Wildman–Crippen LogP) is 10.2. The summed E-state index contributed by atoms with van der Waals surface area (Å²) in [5.41, 5.74) is 5.90. The number of nitrogens with one attached hydrogen (secondary N) is 2. The minimum atomic E-state index is -1.10. The lowest BCUT2D eigenvalue weighted by atomic mass is 9.91. The maximum absolute atomic E-state index is 14.7. The molecule has 0 spiro atoms. The summed E-state index contributed by atoms with van der Waals surface area (Å²) in [6.45, 7) is 7.35. The number of methoxy groups -OCH3 is 1. The van der Waals surface area contributed by atoms with Crippen LogP contribution in [0.1, 0.15) is 75.6 Å². The molecule has 1 unspecified atom stereocenters. The number of rotatable bonds is 12. The van der Waals surface area contributed by atoms with Crippen LogP contribution in [-0.2, 0) is 45.1 Å². The van der Waals surface area contributed by atoms with Crippen LogP contribution >= 0.6 is 34.5 Å². The van der Waals surface area contributed by atoms with Gasteiger partial charge in [0.2, 0.25) is 5.91 Å². The third-order valence-electron chi connectivity index (χ3n) is 11.4. The highest BCUT2D eigenvalue weighted by atomic mass is 35.5. The Kier molecular flexibility index (Phi) is 14.4. The summed E-state index contributed by atoms with van der Waals surface area (Å²) in [5, 5.41) is 15.8. The van der Waals surface area contributed by atoms with Crippen molar-refractivity contribution < 1.29 is 42.9 Å². The summed E-state index contributed by atoms with van der Waals surface area (Å²) in [4.78, 5) is 61.4. The van der Waals surface area contributed by atoms with E-state index in [1.54, 1.807) is 52.0 Å². The molecule has 3 amide bonds. The second kappa shape index (κ2) is 20.6. The van der Waals surface area contributed by atoms with E-state index in [9.17, 15) is 24.4 Å². The van der Waals surface area contributed by atoms with Crippen LogP contribution in [0.15, 0.2) is 103 Å². The largest absolute Gasteiger partial charge is 0.489 e. The van der Waals surface area contributed by atoms with Gasteiger partial charge >= 0.3 is 12.1 Å². The van der Waals surface area contributed by atoms with Crippen molar-refractivity contribution in [3.8, 4) is 34.4 Å². The molecule has 3 heterocycles. The summed E-state index contributed by atoms with van der Waals surface area (Å²) < 4.78 is 29.3. The first-order valence-electron chi connectivity index (χ1n) is 21.9. The van der Waals surface area contributed by atoms with Crippen LogP contribution in [0.4, 0.5) is 9.93 Å². The molecule has 0 saturated heterocycles. The Morgan fingerprint density at radius 1 is 0.899 bits per heavy atom. The first kappa shape index (κ1) is 48.3. The SMILES string of the molecule is COC(=O)[C@H](Cc1ccc(-c2ccc(C#N)cc2)cc1)NC(=O)[C@@H]1Cc2cc3c(cc2CN1C(=O)c1sc(NC(=O)OC(C)(C)C)nc1C)OC(c1ccc(OCc2ccc(Cl)c(Cl)c2)cc1)CO3. The smallest absolute Gasteiger partial charge is 0.413 e. The number of esters is 1. The van der Waals surface area contributed by atoms with Crippen molar-refractivity contribution in [2.75, 3.05) is 19.0 Å². The van der Waals surface area contributed by atoms with Gasteiger partial charge in [0.15, 0.2) is 22.7 Å². The van der Waals surface area contributed by atoms with Gasteiger partial charge in [-0.25, -0.2) is 14.6 Å². The van der Waals surface area contributed by atoms with Gasteiger partial charge in [-0.2, -0.15) is 5.26 Å². The number of anilines is 1. The van der Waals surface area contributed by atoms with Crippen molar-refractivity contribution in [3.63, 3.8) is 0 Å². The van der Waals surface area contributed by atoms with Crippen LogP contribution in [-0.4, -0.2) is 65.2 Å². The second-order valence-electron chi connectivity index (χ2n) is 17.5. The Morgan fingerprint density at radius 3 is 2.25 bits per heavy atom. The van der Waals surface area contributed by atoms with Gasteiger partial charge in [-0.15, -0.1) is 0 Å². The van der Waals surface area contributed by atoms with Crippen LogP contribution in [0, 0.1) is 18.3 Å². The molecule has 2 aliphatic heterocycles. The number of nitriles is 1. The van der Waals surface area contributed by atoms with Gasteiger partial charge in [-0.1, -0.05) is 89.1 Å². The Morgan fingerprint density at radius 2 is 1.58 bits per heavy atom. The van der Waals surface area contributed by atoms with Crippen molar-refractivity contribution in [1.29, 1.82) is 5.26 Å². The second-order valence-corrected chi connectivity index (χ2v) is 19.3. The molecule has 14 nitrogen and oxygen atoms in total. The van der Waals surface area contributed by atoms with Crippen LogP contribution in [0.3, 0.4) is 0 Å². The topological polar surface area (TPSA) is 178 Å². The molecule has 0 aliphatic carbocycles. The van der Waals surface area contributed by atoms with Crippen LogP contribution in [0.5, 0.6) is 17.2 Å². The number of hydrogen-bond donors (Lipinski definition) is 2. The summed E-state index contributed by atoms with van der Waals surface area (Å²) in [5.74, 6) is -0.143. The molecule has 1 aromatic heterocycles. The first-order valence-corrected chi connectivity index (χ1v) is 23.5. The Hall–Kier alpha value is -7.12. The number of halogens is 2. The quantitative estimate of drug-likeness (QED) is 0.112. The summed E-state index contributed by atoms with van der Waals surface area (Å²) in [6, 6.07) is 31.2. The van der Waals surface area contributed by atoms with Gasteiger partial charge in [0.1, 0.15) is 41.5 Å². The number of ether oxygens (including phenoxy) is 5. The molecular weight excluding hydrogens is 942 g/mol. The van der Waals surface area contributed by atoms with Gasteiger partial charge in [0.05, 0.1) is 34.5 Å². The Labute approximate surface area is 413 Å². The number of nitrogens with zero attached hydrogens (tertiary/aromatic N) is 3. The van der Waals surface area contributed by atoms with E-state index >= 15 is 0 Å². The fourth-order valence-corrected chi connectivity index (χ4v) is 9.15. The molecule has 2 aliphatic rings. The van der Waals surface area contributed by atoms with Gasteiger partial charge in [-0.3, -0.25) is 14.9 Å². The lowest BCUT2D eigenvalue weighted by Crippen LogP contribution is -2.56. The number of carbonyl (C=O) groups excluding carboxylic acids is 4. The third-order valence-corrected chi connectivity index (χ3v) is 13.2. The molecule has 17 heteroatoms. The van der Waals surface area contributed by atoms with Crippen molar-refractivity contribution in [3.05, 3.63) is 157 Å². The Bertz CT molecular complexity index is 2950. The van der Waals surface area contributed by atoms with E-state index < -0.39 is 47.7 Å². The monoisotopic (exact) mass is 987 g/mol. The van der Waals surface area contributed by atoms with Crippen molar-refractivity contribution >= 4 is 63.5 Å². The molecule has 5 aromatic carbocycles. The average Bonchev–Trinajstić information content (AvgIpc) is 3.70. The van der Waals surface area contributed by atoms with Crippen LogP contribution < -0.4 is 24.8 Å².